The Balaban J connectivity index is 1.79. The van der Waals surface area contributed by atoms with Gasteiger partial charge in [0.15, 0.2) is 5.17 Å². The normalized spacial score (nSPS) is 22.0. The Bertz CT molecular complexity index is 1130. The van der Waals surface area contributed by atoms with Crippen LogP contribution in [0.15, 0.2) is 64.1 Å². The number of hydrogen-bond acceptors (Lipinski definition) is 5. The molecule has 2 aliphatic rings. The third-order valence-electron chi connectivity index (χ3n) is 6.22. The molecule has 2 aromatic rings. The van der Waals surface area contributed by atoms with E-state index in [0.29, 0.717) is 16.6 Å². The summed E-state index contributed by atoms with van der Waals surface area (Å²) in [4.78, 5) is 23.5. The topological polar surface area (TPSA) is 47.9 Å². The molecule has 0 saturated carbocycles. The van der Waals surface area contributed by atoms with Gasteiger partial charge < -0.3 is 15.1 Å². The van der Waals surface area contributed by atoms with Gasteiger partial charge in [0.1, 0.15) is 5.54 Å². The molecule has 0 spiro atoms. The number of hydrogen-bond donors (Lipinski definition) is 1. The van der Waals surface area contributed by atoms with Gasteiger partial charge in [-0.15, -0.1) is 0 Å². The molecule has 2 heterocycles. The fourth-order valence-corrected chi connectivity index (χ4v) is 6.12. The van der Waals surface area contributed by atoms with E-state index in [9.17, 15) is 4.79 Å². The summed E-state index contributed by atoms with van der Waals surface area (Å²) >= 11 is 13.9. The lowest BCUT2D eigenvalue weighted by Gasteiger charge is -2.37. The number of nitrogens with one attached hydrogen (secondary N) is 1. The molecule has 1 unspecified atom stereocenters. The minimum atomic E-state index is -0.562. The zero-order chi connectivity index (χ0) is 24.6. The Morgan fingerprint density at radius 3 is 2.26 bits per heavy atom. The van der Waals surface area contributed by atoms with Gasteiger partial charge >= 0.3 is 0 Å². The van der Waals surface area contributed by atoms with Crippen molar-refractivity contribution in [3.8, 4) is 0 Å². The summed E-state index contributed by atoms with van der Waals surface area (Å²) < 4.78 is 0. The second kappa shape index (κ2) is 9.94. The van der Waals surface area contributed by atoms with Crippen LogP contribution in [0, 0.1) is 5.92 Å². The van der Waals surface area contributed by atoms with E-state index in [1.165, 1.54) is 11.8 Å². The van der Waals surface area contributed by atoms with Gasteiger partial charge in [-0.05, 0) is 74.1 Å². The maximum Gasteiger partial charge on any atom is 0.260 e. The molecule has 0 fully saturated rings. The first-order valence-electron chi connectivity index (χ1n) is 11.4. The number of benzene rings is 2. The summed E-state index contributed by atoms with van der Waals surface area (Å²) in [6.07, 6.45) is 0. The summed E-state index contributed by atoms with van der Waals surface area (Å²) in [6.45, 7) is 7.78. The first-order valence-corrected chi connectivity index (χ1v) is 12.9. The number of likely N-dealkylation sites (N-methyl/N-ethyl adjacent to an activating group) is 1. The summed E-state index contributed by atoms with van der Waals surface area (Å²) in [5, 5.41) is 5.30. The van der Waals surface area contributed by atoms with E-state index in [0.717, 1.165) is 33.4 Å². The van der Waals surface area contributed by atoms with E-state index in [1.54, 1.807) is 0 Å². The molecule has 5 nitrogen and oxygen atoms in total. The molecule has 0 aliphatic carbocycles. The van der Waals surface area contributed by atoms with Gasteiger partial charge in [0.25, 0.3) is 5.91 Å². The van der Waals surface area contributed by atoms with E-state index >= 15 is 0 Å². The smallest absolute Gasteiger partial charge is 0.260 e. The van der Waals surface area contributed by atoms with E-state index in [-0.39, 0.29) is 17.9 Å². The van der Waals surface area contributed by atoms with Gasteiger partial charge in [0, 0.05) is 28.8 Å². The van der Waals surface area contributed by atoms with Crippen LogP contribution in [-0.4, -0.2) is 48.1 Å². The Labute approximate surface area is 216 Å². The average Bonchev–Trinajstić information content (AvgIpc) is 3.27. The zero-order valence-corrected chi connectivity index (χ0v) is 22.4. The van der Waals surface area contributed by atoms with Crippen molar-refractivity contribution in [3.05, 3.63) is 80.3 Å². The number of nitrogens with zero attached hydrogens (tertiary/aromatic N) is 3. The van der Waals surface area contributed by atoms with Crippen molar-refractivity contribution in [3.63, 3.8) is 0 Å². The number of amidine groups is 1. The largest absolute Gasteiger partial charge is 0.350 e. The number of allylic oxidation sites excluding steroid dienone is 1. The van der Waals surface area contributed by atoms with Crippen LogP contribution in [0.4, 0.5) is 0 Å². The number of carbonyl (C=O) groups is 1. The second-order valence-electron chi connectivity index (χ2n) is 9.40. The van der Waals surface area contributed by atoms with Crippen LogP contribution in [0.25, 0.3) is 0 Å². The highest BCUT2D eigenvalue weighted by Crippen LogP contribution is 2.56. The van der Waals surface area contributed by atoms with Crippen LogP contribution < -0.4 is 5.32 Å². The number of fused-ring (bicyclic) bond motifs is 1. The first-order chi connectivity index (χ1) is 16.1. The minimum absolute atomic E-state index is 0.0456. The molecule has 1 N–H and O–H groups in total. The first kappa shape index (κ1) is 25.1. The molecule has 0 aromatic heterocycles. The lowest BCUT2D eigenvalue weighted by atomic mass is 9.81. The van der Waals surface area contributed by atoms with Gasteiger partial charge in [0.05, 0.1) is 10.9 Å². The number of aliphatic imine (C=N–C) groups is 1. The van der Waals surface area contributed by atoms with Crippen LogP contribution in [-0.2, 0) is 10.3 Å². The predicted octanol–water partition coefficient (Wildman–Crippen LogP) is 5.91. The van der Waals surface area contributed by atoms with Crippen molar-refractivity contribution < 1.29 is 4.79 Å². The molecule has 1 amide bonds. The van der Waals surface area contributed by atoms with Gasteiger partial charge in [-0.25, -0.2) is 4.99 Å². The number of halogens is 2. The van der Waals surface area contributed by atoms with Crippen LogP contribution in [0.1, 0.15) is 37.9 Å². The van der Waals surface area contributed by atoms with Crippen LogP contribution in [0.2, 0.25) is 10.0 Å². The maximum atomic E-state index is 13.2. The van der Waals surface area contributed by atoms with Crippen molar-refractivity contribution >= 4 is 46.0 Å². The Hall–Kier alpha value is -1.99. The minimum Gasteiger partial charge on any atom is -0.350 e. The third-order valence-corrected chi connectivity index (χ3v) is 7.80. The molecule has 2 aromatic carbocycles. The van der Waals surface area contributed by atoms with Crippen molar-refractivity contribution in [1.29, 1.82) is 0 Å². The van der Waals surface area contributed by atoms with E-state index in [1.807, 2.05) is 50.5 Å². The van der Waals surface area contributed by atoms with Crippen LogP contribution in [0.5, 0.6) is 0 Å². The maximum absolute atomic E-state index is 13.2. The van der Waals surface area contributed by atoms with Gasteiger partial charge in [-0.1, -0.05) is 61.3 Å². The molecular formula is C26H30Cl2N4OS. The standard InChI is InChI=1S/C26H30Cl2N4OS/c1-16(2)21-22(24(33)29-14-15-31(4)5)34-25-30-26(3,18-8-12-20(28)13-9-18)23(32(21)25)17-6-10-19(27)11-7-17/h6-13,16,23H,14-15H2,1-5H3,(H,29,33)/t23?,26-/m0/s1. The summed E-state index contributed by atoms with van der Waals surface area (Å²) in [7, 11) is 3.99. The fourth-order valence-electron chi connectivity index (χ4n) is 4.55. The lowest BCUT2D eigenvalue weighted by Crippen LogP contribution is -2.36. The highest BCUT2D eigenvalue weighted by Gasteiger charge is 2.53. The lowest BCUT2D eigenvalue weighted by molar-refractivity contribution is -0.116. The van der Waals surface area contributed by atoms with Gasteiger partial charge in [-0.2, -0.15) is 0 Å². The molecular weight excluding hydrogens is 487 g/mol. The number of amides is 1. The van der Waals surface area contributed by atoms with E-state index < -0.39 is 5.54 Å². The monoisotopic (exact) mass is 516 g/mol. The molecule has 2 aliphatic heterocycles. The van der Waals surface area contributed by atoms with Crippen molar-refractivity contribution in [2.24, 2.45) is 10.9 Å². The van der Waals surface area contributed by atoms with Gasteiger partial charge in [0.2, 0.25) is 0 Å². The van der Waals surface area contributed by atoms with Crippen LogP contribution >= 0.6 is 35.0 Å². The average molecular weight is 518 g/mol. The zero-order valence-electron chi connectivity index (χ0n) is 20.1. The second-order valence-corrected chi connectivity index (χ2v) is 11.3. The van der Waals surface area contributed by atoms with Crippen molar-refractivity contribution in [2.75, 3.05) is 27.2 Å². The van der Waals surface area contributed by atoms with Gasteiger partial charge in [-0.3, -0.25) is 4.79 Å². The summed E-state index contributed by atoms with van der Waals surface area (Å²) in [6, 6.07) is 15.7. The molecule has 0 bridgehead atoms. The SMILES string of the molecule is CC(C)C1=C(C(=O)NCCN(C)C)SC2=N[C@@](C)(c3ccc(Cl)cc3)C(c3ccc(Cl)cc3)N21. The molecule has 34 heavy (non-hydrogen) atoms. The highest BCUT2D eigenvalue weighted by atomic mass is 35.5. The Kier molecular flexibility index (Phi) is 7.34. The summed E-state index contributed by atoms with van der Waals surface area (Å²) in [5.74, 6) is 0.0906. The molecule has 180 valence electrons. The number of carbonyl (C=O) groups excluding carboxylic acids is 1. The van der Waals surface area contributed by atoms with Crippen LogP contribution in [0.3, 0.4) is 0 Å². The van der Waals surface area contributed by atoms with Crippen molar-refractivity contribution in [1.82, 2.24) is 15.1 Å². The molecule has 0 saturated heterocycles. The molecule has 4 rings (SSSR count). The summed E-state index contributed by atoms with van der Waals surface area (Å²) in [5.41, 5.74) is 2.60. The third kappa shape index (κ3) is 4.74. The van der Waals surface area contributed by atoms with E-state index in [4.69, 9.17) is 28.2 Å². The van der Waals surface area contributed by atoms with E-state index in [2.05, 4.69) is 48.0 Å². The molecule has 0 radical (unpaired) electrons. The Morgan fingerprint density at radius 1 is 1.12 bits per heavy atom. The molecule has 8 heteroatoms. The van der Waals surface area contributed by atoms with Crippen molar-refractivity contribution in [2.45, 2.75) is 32.4 Å². The fraction of sp³-hybridized carbons (Fsp3) is 0.385. The predicted molar refractivity (Wildman–Crippen MR) is 143 cm³/mol. The Morgan fingerprint density at radius 2 is 1.71 bits per heavy atom. The quantitative estimate of drug-likeness (QED) is 0.496. The highest BCUT2D eigenvalue weighted by molar-refractivity contribution is 8.18. The number of rotatable bonds is 7. The number of thioether (sulfide) groups is 1. The molecule has 2 atom stereocenters.